The Balaban J connectivity index is 1.66. The molecule has 4 rings (SSSR count). The highest BCUT2D eigenvalue weighted by Gasteiger charge is 2.18. The fraction of sp³-hybridized carbons (Fsp3) is 0.200. The van der Waals surface area contributed by atoms with Crippen LogP contribution < -0.4 is 9.64 Å². The molecule has 3 aromatic carbocycles. The van der Waals surface area contributed by atoms with E-state index in [9.17, 15) is 4.79 Å². The van der Waals surface area contributed by atoms with Crippen LogP contribution in [0, 0.1) is 0 Å². The molecule has 152 valence electrons. The first-order valence-corrected chi connectivity index (χ1v) is 10.1. The van der Waals surface area contributed by atoms with Gasteiger partial charge < -0.3 is 14.2 Å². The molecule has 0 saturated heterocycles. The molecule has 5 nitrogen and oxygen atoms in total. The van der Waals surface area contributed by atoms with Crippen LogP contribution in [0.1, 0.15) is 18.3 Å². The van der Waals surface area contributed by atoms with Crippen molar-refractivity contribution in [2.75, 3.05) is 18.6 Å². The maximum absolute atomic E-state index is 13.2. The average molecular weight is 399 g/mol. The second-order valence-electron chi connectivity index (χ2n) is 7.10. The lowest BCUT2D eigenvalue weighted by Gasteiger charge is -2.22. The van der Waals surface area contributed by atoms with Gasteiger partial charge in [-0.3, -0.25) is 4.79 Å². The van der Waals surface area contributed by atoms with E-state index >= 15 is 0 Å². The zero-order valence-electron chi connectivity index (χ0n) is 17.3. The maximum atomic E-state index is 13.2. The minimum atomic E-state index is 0.0443. The number of carbonyl (C=O) groups excluding carboxylic acids is 1. The van der Waals surface area contributed by atoms with Crippen LogP contribution in [0.5, 0.6) is 5.75 Å². The van der Waals surface area contributed by atoms with Gasteiger partial charge in [0, 0.05) is 18.7 Å². The number of nitrogens with zero attached hydrogens (tertiary/aromatic N) is 3. The summed E-state index contributed by atoms with van der Waals surface area (Å²) in [5, 5.41) is 0. The van der Waals surface area contributed by atoms with Gasteiger partial charge in [0.25, 0.3) is 0 Å². The first kappa shape index (κ1) is 19.7. The van der Waals surface area contributed by atoms with Gasteiger partial charge in [0.1, 0.15) is 18.1 Å². The lowest BCUT2D eigenvalue weighted by atomic mass is 10.1. The number of aromatic nitrogens is 2. The van der Waals surface area contributed by atoms with Gasteiger partial charge in [0.15, 0.2) is 0 Å². The molecule has 0 spiro atoms. The van der Waals surface area contributed by atoms with Crippen molar-refractivity contribution in [3.8, 4) is 5.75 Å². The van der Waals surface area contributed by atoms with Crippen molar-refractivity contribution in [2.24, 2.45) is 0 Å². The number of fused-ring (bicyclic) bond motifs is 1. The minimum Gasteiger partial charge on any atom is -0.497 e. The number of methoxy groups -OCH3 is 1. The molecular formula is C25H25N3O2. The molecule has 0 saturated carbocycles. The second kappa shape index (κ2) is 8.82. The summed E-state index contributed by atoms with van der Waals surface area (Å²) in [4.78, 5) is 19.9. The quantitative estimate of drug-likeness (QED) is 0.453. The molecule has 4 aromatic rings. The molecule has 1 heterocycles. The predicted molar refractivity (Wildman–Crippen MR) is 120 cm³/mol. The van der Waals surface area contributed by atoms with Crippen LogP contribution in [0.15, 0.2) is 78.9 Å². The standard InChI is InChI=1S/C25H25N3O2/c1-3-27(20-9-5-4-6-10-20)25(29)18-28-23-12-8-7-11-22(23)26-24(28)17-19-13-15-21(30-2)16-14-19/h4-16H,3,17-18H2,1-2H3. The lowest BCUT2D eigenvalue weighted by Crippen LogP contribution is -2.34. The summed E-state index contributed by atoms with van der Waals surface area (Å²) in [6.07, 6.45) is 0.642. The van der Waals surface area contributed by atoms with Crippen molar-refractivity contribution in [1.82, 2.24) is 9.55 Å². The Hall–Kier alpha value is -3.60. The highest BCUT2D eigenvalue weighted by molar-refractivity contribution is 5.94. The van der Waals surface area contributed by atoms with Crippen molar-refractivity contribution in [1.29, 1.82) is 0 Å². The van der Waals surface area contributed by atoms with E-state index < -0.39 is 0 Å². The number of ether oxygens (including phenoxy) is 1. The monoisotopic (exact) mass is 399 g/mol. The van der Waals surface area contributed by atoms with Crippen molar-refractivity contribution in [3.05, 3.63) is 90.3 Å². The number of hydrogen-bond donors (Lipinski definition) is 0. The molecule has 5 heteroatoms. The van der Waals surface area contributed by atoms with E-state index in [2.05, 4.69) is 0 Å². The fourth-order valence-electron chi connectivity index (χ4n) is 3.69. The Kier molecular flexibility index (Phi) is 5.80. The SMILES string of the molecule is CCN(C(=O)Cn1c(Cc2ccc(OC)cc2)nc2ccccc21)c1ccccc1. The summed E-state index contributed by atoms with van der Waals surface area (Å²) in [5.41, 5.74) is 3.90. The van der Waals surface area contributed by atoms with Crippen molar-refractivity contribution in [3.63, 3.8) is 0 Å². The van der Waals surface area contributed by atoms with Gasteiger partial charge in [0.2, 0.25) is 5.91 Å². The Bertz CT molecular complexity index is 1130. The Morgan fingerprint density at radius 3 is 2.37 bits per heavy atom. The maximum Gasteiger partial charge on any atom is 0.246 e. The molecule has 0 fully saturated rings. The number of likely N-dealkylation sites (N-methyl/N-ethyl adjacent to an activating group) is 1. The fourth-order valence-corrected chi connectivity index (χ4v) is 3.69. The van der Waals surface area contributed by atoms with Crippen LogP contribution in [-0.4, -0.2) is 29.1 Å². The van der Waals surface area contributed by atoms with E-state index in [4.69, 9.17) is 9.72 Å². The Morgan fingerprint density at radius 1 is 0.967 bits per heavy atom. The molecule has 1 amide bonds. The van der Waals surface area contributed by atoms with Gasteiger partial charge in [-0.15, -0.1) is 0 Å². The summed E-state index contributed by atoms with van der Waals surface area (Å²) in [6.45, 7) is 2.85. The zero-order valence-corrected chi connectivity index (χ0v) is 17.3. The number of benzene rings is 3. The highest BCUT2D eigenvalue weighted by Crippen LogP contribution is 2.21. The molecule has 0 bridgehead atoms. The molecule has 1 aromatic heterocycles. The Morgan fingerprint density at radius 2 is 1.67 bits per heavy atom. The first-order chi connectivity index (χ1) is 14.7. The predicted octanol–water partition coefficient (Wildman–Crippen LogP) is 4.69. The van der Waals surface area contributed by atoms with E-state index in [0.717, 1.165) is 33.9 Å². The molecule has 0 radical (unpaired) electrons. The van der Waals surface area contributed by atoms with Crippen molar-refractivity contribution in [2.45, 2.75) is 19.9 Å². The number of carbonyl (C=O) groups is 1. The topological polar surface area (TPSA) is 47.4 Å². The number of anilines is 1. The normalized spacial score (nSPS) is 10.9. The van der Waals surface area contributed by atoms with Gasteiger partial charge >= 0.3 is 0 Å². The van der Waals surface area contributed by atoms with Gasteiger partial charge in [-0.25, -0.2) is 4.98 Å². The first-order valence-electron chi connectivity index (χ1n) is 10.1. The second-order valence-corrected chi connectivity index (χ2v) is 7.10. The molecular weight excluding hydrogens is 374 g/mol. The van der Waals surface area contributed by atoms with E-state index in [0.29, 0.717) is 13.0 Å². The van der Waals surface area contributed by atoms with Crippen molar-refractivity contribution < 1.29 is 9.53 Å². The zero-order chi connectivity index (χ0) is 20.9. The van der Waals surface area contributed by atoms with Gasteiger partial charge in [-0.2, -0.15) is 0 Å². The number of rotatable bonds is 7. The third kappa shape index (κ3) is 4.06. The minimum absolute atomic E-state index is 0.0443. The van der Waals surface area contributed by atoms with Gasteiger partial charge in [-0.05, 0) is 48.9 Å². The molecule has 30 heavy (non-hydrogen) atoms. The van der Waals surface area contributed by atoms with Crippen LogP contribution in [0.4, 0.5) is 5.69 Å². The van der Waals surface area contributed by atoms with Crippen LogP contribution in [0.3, 0.4) is 0 Å². The molecule has 0 N–H and O–H groups in total. The Labute approximate surface area is 176 Å². The number of amides is 1. The average Bonchev–Trinajstić information content (AvgIpc) is 3.12. The number of para-hydroxylation sites is 3. The van der Waals surface area contributed by atoms with Crippen LogP contribution in [0.25, 0.3) is 11.0 Å². The largest absolute Gasteiger partial charge is 0.497 e. The van der Waals surface area contributed by atoms with Gasteiger partial charge in [-0.1, -0.05) is 42.5 Å². The number of imidazole rings is 1. The van der Waals surface area contributed by atoms with Crippen LogP contribution in [-0.2, 0) is 17.8 Å². The van der Waals surface area contributed by atoms with Crippen LogP contribution in [0.2, 0.25) is 0 Å². The third-order valence-electron chi connectivity index (χ3n) is 5.23. The smallest absolute Gasteiger partial charge is 0.246 e. The van der Waals surface area contributed by atoms with Crippen LogP contribution >= 0.6 is 0 Å². The lowest BCUT2D eigenvalue weighted by molar-refractivity contribution is -0.119. The van der Waals surface area contributed by atoms with E-state index in [1.165, 1.54) is 0 Å². The third-order valence-corrected chi connectivity index (χ3v) is 5.23. The summed E-state index contributed by atoms with van der Waals surface area (Å²) in [7, 11) is 1.66. The summed E-state index contributed by atoms with van der Waals surface area (Å²) in [6, 6.07) is 25.7. The van der Waals surface area contributed by atoms with E-state index in [1.54, 1.807) is 7.11 Å². The molecule has 0 aliphatic rings. The summed E-state index contributed by atoms with van der Waals surface area (Å²) >= 11 is 0. The van der Waals surface area contributed by atoms with E-state index in [1.807, 2.05) is 95.3 Å². The number of hydrogen-bond acceptors (Lipinski definition) is 3. The van der Waals surface area contributed by atoms with Crippen molar-refractivity contribution >= 4 is 22.6 Å². The highest BCUT2D eigenvalue weighted by atomic mass is 16.5. The van der Waals surface area contributed by atoms with E-state index in [-0.39, 0.29) is 12.5 Å². The van der Waals surface area contributed by atoms with Gasteiger partial charge in [0.05, 0.1) is 18.1 Å². The molecule has 0 unspecified atom stereocenters. The summed E-state index contributed by atoms with van der Waals surface area (Å²) < 4.78 is 7.29. The molecule has 0 aliphatic carbocycles. The molecule has 0 atom stereocenters. The summed E-state index contributed by atoms with van der Waals surface area (Å²) in [5.74, 6) is 1.74. The molecule has 0 aliphatic heterocycles.